The summed E-state index contributed by atoms with van der Waals surface area (Å²) in [6, 6.07) is 19.2. The number of aromatic nitrogens is 5. The van der Waals surface area contributed by atoms with Gasteiger partial charge in [-0.15, -0.1) is 0 Å². The molecule has 4 N–H and O–H groups in total. The van der Waals surface area contributed by atoms with Crippen LogP contribution >= 0.6 is 0 Å². The zero-order valence-corrected chi connectivity index (χ0v) is 19.6. The van der Waals surface area contributed by atoms with E-state index in [0.29, 0.717) is 13.1 Å². The van der Waals surface area contributed by atoms with Crippen LogP contribution < -0.4 is 5.73 Å². The molecular weight excluding hydrogens is 434 g/mol. The van der Waals surface area contributed by atoms with E-state index in [1.165, 1.54) is 16.8 Å². The van der Waals surface area contributed by atoms with Crippen LogP contribution in [-0.2, 0) is 26.1 Å². The van der Waals surface area contributed by atoms with Gasteiger partial charge < -0.3 is 15.7 Å². The van der Waals surface area contributed by atoms with Crippen molar-refractivity contribution in [3.8, 4) is 11.4 Å². The maximum absolute atomic E-state index is 6.23. The van der Waals surface area contributed by atoms with Gasteiger partial charge in [0.05, 0.1) is 29.3 Å². The van der Waals surface area contributed by atoms with E-state index in [1.54, 1.807) is 6.20 Å². The molecule has 3 aromatic heterocycles. The highest BCUT2D eigenvalue weighted by Crippen LogP contribution is 2.35. The second kappa shape index (κ2) is 9.44. The van der Waals surface area contributed by atoms with Gasteiger partial charge >= 0.3 is 0 Å². The summed E-state index contributed by atoms with van der Waals surface area (Å²) in [6.45, 7) is 1.95. The molecule has 0 saturated heterocycles. The summed E-state index contributed by atoms with van der Waals surface area (Å²) < 4.78 is 0. The minimum atomic E-state index is 0.225. The molecule has 0 radical (unpaired) electrons. The minimum absolute atomic E-state index is 0.225. The molecule has 7 heteroatoms. The van der Waals surface area contributed by atoms with Crippen LogP contribution in [0.15, 0.2) is 73.2 Å². The van der Waals surface area contributed by atoms with Gasteiger partial charge in [0.1, 0.15) is 11.6 Å². The maximum Gasteiger partial charge on any atom is 0.137 e. The lowest BCUT2D eigenvalue weighted by Gasteiger charge is -2.35. The number of H-pyrrole nitrogens is 2. The Morgan fingerprint density at radius 3 is 2.77 bits per heavy atom. The van der Waals surface area contributed by atoms with Crippen molar-refractivity contribution >= 4 is 11.0 Å². The predicted octanol–water partition coefficient (Wildman–Crippen LogP) is 4.89. The Hall–Kier alpha value is -3.81. The summed E-state index contributed by atoms with van der Waals surface area (Å²) >= 11 is 0. The first-order chi connectivity index (χ1) is 17.3. The topological polar surface area (TPSA) is 99.5 Å². The molecule has 1 atom stereocenters. The Morgan fingerprint density at radius 2 is 1.91 bits per heavy atom. The number of rotatable bonds is 7. The third kappa shape index (κ3) is 4.36. The van der Waals surface area contributed by atoms with Crippen molar-refractivity contribution in [1.29, 1.82) is 0 Å². The zero-order chi connectivity index (χ0) is 23.6. The second-order valence-electron chi connectivity index (χ2n) is 9.19. The molecule has 6 rings (SSSR count). The predicted molar refractivity (Wildman–Crippen MR) is 137 cm³/mol. The van der Waals surface area contributed by atoms with E-state index >= 15 is 0 Å². The zero-order valence-electron chi connectivity index (χ0n) is 19.6. The largest absolute Gasteiger partial charge is 0.345 e. The SMILES string of the molecule is NCc1cc(-c2ncc[nH]2)ccc1CN(Cc1nc2ccccc2[nH]1)C1CCCc2cccnc21. The van der Waals surface area contributed by atoms with Gasteiger partial charge in [-0.1, -0.05) is 30.3 Å². The summed E-state index contributed by atoms with van der Waals surface area (Å²) in [5.74, 6) is 1.83. The molecule has 5 aromatic rings. The number of aromatic amines is 2. The van der Waals surface area contributed by atoms with E-state index in [-0.39, 0.29) is 6.04 Å². The van der Waals surface area contributed by atoms with Gasteiger partial charge in [-0.25, -0.2) is 9.97 Å². The Kier molecular flexibility index (Phi) is 5.86. The summed E-state index contributed by atoms with van der Waals surface area (Å²) in [7, 11) is 0. The van der Waals surface area contributed by atoms with Crippen molar-refractivity contribution < 1.29 is 0 Å². The van der Waals surface area contributed by atoms with E-state index < -0.39 is 0 Å². The lowest BCUT2D eigenvalue weighted by atomic mass is 9.90. The molecular formula is C28H29N7. The highest BCUT2D eigenvalue weighted by Gasteiger charge is 2.28. The molecule has 35 heavy (non-hydrogen) atoms. The third-order valence-electron chi connectivity index (χ3n) is 6.97. The van der Waals surface area contributed by atoms with Crippen molar-refractivity contribution in [2.24, 2.45) is 5.73 Å². The minimum Gasteiger partial charge on any atom is -0.345 e. The van der Waals surface area contributed by atoms with Crippen LogP contribution in [0.25, 0.3) is 22.4 Å². The molecule has 0 aliphatic heterocycles. The van der Waals surface area contributed by atoms with Gasteiger partial charge in [-0.3, -0.25) is 9.88 Å². The molecule has 0 fully saturated rings. The first kappa shape index (κ1) is 21.7. The van der Waals surface area contributed by atoms with Gasteiger partial charge in [-0.05, 0) is 60.2 Å². The van der Waals surface area contributed by atoms with Crippen LogP contribution in [0.5, 0.6) is 0 Å². The van der Waals surface area contributed by atoms with Gasteiger partial charge in [0.15, 0.2) is 0 Å². The maximum atomic E-state index is 6.23. The lowest BCUT2D eigenvalue weighted by Crippen LogP contribution is -2.32. The monoisotopic (exact) mass is 463 g/mol. The van der Waals surface area contributed by atoms with E-state index in [0.717, 1.165) is 59.6 Å². The highest BCUT2D eigenvalue weighted by molar-refractivity contribution is 5.74. The number of imidazole rings is 2. The van der Waals surface area contributed by atoms with Crippen LogP contribution in [0.2, 0.25) is 0 Å². The van der Waals surface area contributed by atoms with Gasteiger partial charge in [0.2, 0.25) is 0 Å². The molecule has 1 unspecified atom stereocenters. The number of nitrogens with zero attached hydrogens (tertiary/aromatic N) is 4. The number of nitrogens with one attached hydrogen (secondary N) is 2. The molecule has 1 aliphatic rings. The van der Waals surface area contributed by atoms with E-state index in [4.69, 9.17) is 15.7 Å². The van der Waals surface area contributed by atoms with Crippen molar-refractivity contribution in [2.75, 3.05) is 0 Å². The fourth-order valence-electron chi connectivity index (χ4n) is 5.25. The molecule has 0 spiro atoms. The van der Waals surface area contributed by atoms with Gasteiger partial charge in [-0.2, -0.15) is 0 Å². The van der Waals surface area contributed by atoms with E-state index in [2.05, 4.69) is 56.3 Å². The molecule has 2 aromatic carbocycles. The quantitative estimate of drug-likeness (QED) is 0.319. The normalized spacial score (nSPS) is 15.5. The number of nitrogens with two attached hydrogens (primary N) is 1. The first-order valence-corrected chi connectivity index (χ1v) is 12.2. The summed E-state index contributed by atoms with van der Waals surface area (Å²) in [5.41, 5.74) is 14.2. The summed E-state index contributed by atoms with van der Waals surface area (Å²) in [5, 5.41) is 0. The fraction of sp³-hybridized carbons (Fsp3) is 0.250. The summed E-state index contributed by atoms with van der Waals surface area (Å²) in [6.07, 6.45) is 8.85. The number of para-hydroxylation sites is 2. The lowest BCUT2D eigenvalue weighted by molar-refractivity contribution is 0.153. The van der Waals surface area contributed by atoms with Crippen molar-refractivity contribution in [3.05, 3.63) is 101 Å². The van der Waals surface area contributed by atoms with Crippen molar-refractivity contribution in [1.82, 2.24) is 29.8 Å². The average Bonchev–Trinajstić information content (AvgIpc) is 3.58. The molecule has 0 saturated carbocycles. The van der Waals surface area contributed by atoms with Crippen LogP contribution in [0.1, 0.15) is 47.1 Å². The van der Waals surface area contributed by atoms with Crippen molar-refractivity contribution in [3.63, 3.8) is 0 Å². The molecule has 0 bridgehead atoms. The second-order valence-corrected chi connectivity index (χ2v) is 9.19. The first-order valence-electron chi connectivity index (χ1n) is 12.2. The standard InChI is InChI=1S/C28H29N7/c29-16-22-15-20(28-31-13-14-32-28)10-11-21(22)17-35(18-26-33-23-7-1-2-8-24(23)34-26)25-9-3-5-19-6-4-12-30-27(19)25/h1-2,4,6-8,10-15,25H,3,5,9,16-18,29H2,(H,31,32)(H,33,34). The molecule has 0 amide bonds. The smallest absolute Gasteiger partial charge is 0.137 e. The number of aryl methyl sites for hydroxylation is 1. The molecule has 1 aliphatic carbocycles. The number of fused-ring (bicyclic) bond motifs is 2. The number of benzene rings is 2. The molecule has 176 valence electrons. The summed E-state index contributed by atoms with van der Waals surface area (Å²) in [4.78, 5) is 23.3. The number of hydrogen-bond donors (Lipinski definition) is 3. The van der Waals surface area contributed by atoms with Crippen LogP contribution in [-0.4, -0.2) is 29.8 Å². The van der Waals surface area contributed by atoms with Gasteiger partial charge in [0.25, 0.3) is 0 Å². The molecule has 7 nitrogen and oxygen atoms in total. The Morgan fingerprint density at radius 1 is 0.971 bits per heavy atom. The fourth-order valence-corrected chi connectivity index (χ4v) is 5.25. The van der Waals surface area contributed by atoms with Gasteiger partial charge in [0, 0.05) is 37.2 Å². The Bertz CT molecular complexity index is 1400. The highest BCUT2D eigenvalue weighted by atomic mass is 15.2. The van der Waals surface area contributed by atoms with Crippen LogP contribution in [0.4, 0.5) is 0 Å². The third-order valence-corrected chi connectivity index (χ3v) is 6.97. The average molecular weight is 464 g/mol. The number of hydrogen-bond acceptors (Lipinski definition) is 5. The van der Waals surface area contributed by atoms with Crippen LogP contribution in [0, 0.1) is 0 Å². The number of pyridine rings is 1. The molecule has 3 heterocycles. The van der Waals surface area contributed by atoms with Crippen LogP contribution in [0.3, 0.4) is 0 Å². The van der Waals surface area contributed by atoms with E-state index in [9.17, 15) is 0 Å². The Balaban J connectivity index is 1.37. The Labute approximate surface area is 204 Å². The van der Waals surface area contributed by atoms with Crippen molar-refractivity contribution in [2.45, 2.75) is 44.9 Å². The van der Waals surface area contributed by atoms with E-state index in [1.807, 2.05) is 30.6 Å².